The number of nitrogens with one attached hydrogen (secondary N) is 4. The first kappa shape index (κ1) is 34.9. The highest BCUT2D eigenvalue weighted by Gasteiger charge is 2.30. The molecule has 0 spiro atoms. The summed E-state index contributed by atoms with van der Waals surface area (Å²) in [5.74, 6) is -2.56. The van der Waals surface area contributed by atoms with Crippen LogP contribution in [0.25, 0.3) is 10.9 Å². The van der Waals surface area contributed by atoms with E-state index < -0.39 is 47.9 Å². The maximum Gasteiger partial charge on any atom is 0.326 e. The number of guanidine groups is 1. The van der Waals surface area contributed by atoms with Crippen LogP contribution in [0.5, 0.6) is 0 Å². The number of nitrogens with zero attached hydrogens (tertiary/aromatic N) is 1. The van der Waals surface area contributed by atoms with Crippen LogP contribution in [0.1, 0.15) is 30.4 Å². The minimum absolute atomic E-state index is 0.0723. The van der Waals surface area contributed by atoms with Gasteiger partial charge in [0.05, 0.1) is 6.04 Å². The number of carboxylic acids is 1. The number of nitrogens with two attached hydrogens (primary N) is 3. The summed E-state index contributed by atoms with van der Waals surface area (Å²) >= 11 is 1.47. The summed E-state index contributed by atoms with van der Waals surface area (Å²) in [5, 5.41) is 18.7. The van der Waals surface area contributed by atoms with Crippen LogP contribution in [0.15, 0.2) is 65.8 Å². The number of carboxylic acid groups (broad SMARTS) is 1. The number of hydrogen-bond donors (Lipinski definition) is 8. The van der Waals surface area contributed by atoms with Crippen molar-refractivity contribution in [2.75, 3.05) is 18.6 Å². The summed E-state index contributed by atoms with van der Waals surface area (Å²) in [6.07, 6.45) is 4.72. The maximum atomic E-state index is 13.5. The Morgan fingerprint density at radius 3 is 2.16 bits per heavy atom. The van der Waals surface area contributed by atoms with Crippen molar-refractivity contribution < 1.29 is 24.3 Å². The zero-order chi connectivity index (χ0) is 32.8. The molecule has 13 nitrogen and oxygen atoms in total. The quantitative estimate of drug-likeness (QED) is 0.0554. The van der Waals surface area contributed by atoms with E-state index in [1.807, 2.05) is 36.6 Å². The first-order valence-corrected chi connectivity index (χ1v) is 16.0. The first-order chi connectivity index (χ1) is 21.6. The number of para-hydroxylation sites is 1. The van der Waals surface area contributed by atoms with E-state index in [2.05, 4.69) is 25.9 Å². The van der Waals surface area contributed by atoms with E-state index in [-0.39, 0.29) is 38.2 Å². The van der Waals surface area contributed by atoms with Gasteiger partial charge in [-0.15, -0.1) is 0 Å². The summed E-state index contributed by atoms with van der Waals surface area (Å²) in [7, 11) is 0. The molecule has 0 aliphatic rings. The molecule has 3 rings (SSSR count). The molecule has 242 valence electrons. The van der Waals surface area contributed by atoms with Crippen molar-refractivity contribution >= 4 is 52.3 Å². The van der Waals surface area contributed by atoms with Gasteiger partial charge in [-0.1, -0.05) is 48.5 Å². The number of rotatable bonds is 18. The number of benzene rings is 2. The average Bonchev–Trinajstić information content (AvgIpc) is 3.42. The Bertz CT molecular complexity index is 1460. The van der Waals surface area contributed by atoms with Gasteiger partial charge in [0.2, 0.25) is 17.7 Å². The predicted molar refractivity (Wildman–Crippen MR) is 176 cm³/mol. The van der Waals surface area contributed by atoms with Crippen LogP contribution >= 0.6 is 11.8 Å². The number of aromatic nitrogens is 1. The van der Waals surface area contributed by atoms with Gasteiger partial charge in [-0.05, 0) is 54.9 Å². The number of H-pyrrole nitrogens is 1. The summed E-state index contributed by atoms with van der Waals surface area (Å²) < 4.78 is 0. The van der Waals surface area contributed by atoms with Gasteiger partial charge >= 0.3 is 5.97 Å². The third-order valence-electron chi connectivity index (χ3n) is 7.17. The number of fused-ring (bicyclic) bond motifs is 1. The molecule has 4 unspecified atom stereocenters. The molecule has 2 aromatic carbocycles. The Hall–Kier alpha value is -4.56. The van der Waals surface area contributed by atoms with Crippen molar-refractivity contribution in [1.29, 1.82) is 0 Å². The fraction of sp³-hybridized carbons (Fsp3) is 0.387. The fourth-order valence-corrected chi connectivity index (χ4v) is 5.25. The molecule has 45 heavy (non-hydrogen) atoms. The van der Waals surface area contributed by atoms with Crippen molar-refractivity contribution in [2.45, 2.75) is 56.3 Å². The number of aliphatic imine (C=N–C) groups is 1. The van der Waals surface area contributed by atoms with Gasteiger partial charge in [-0.2, -0.15) is 11.8 Å². The molecule has 1 aromatic heterocycles. The van der Waals surface area contributed by atoms with E-state index in [9.17, 15) is 24.3 Å². The molecule has 0 radical (unpaired) electrons. The summed E-state index contributed by atoms with van der Waals surface area (Å²) in [6, 6.07) is 12.3. The lowest BCUT2D eigenvalue weighted by molar-refractivity contribution is -0.142. The van der Waals surface area contributed by atoms with Crippen molar-refractivity contribution in [3.63, 3.8) is 0 Å². The Morgan fingerprint density at radius 2 is 1.49 bits per heavy atom. The first-order valence-electron chi connectivity index (χ1n) is 14.6. The predicted octanol–water partition coefficient (Wildman–Crippen LogP) is 0.626. The van der Waals surface area contributed by atoms with Crippen LogP contribution in [-0.4, -0.2) is 82.5 Å². The zero-order valence-electron chi connectivity index (χ0n) is 25.2. The SMILES string of the molecule is CSCCC(NC(=O)C(CCCN=C(N)N)NC(=O)C(N)Cc1c[nH]c2ccccc12)C(=O)NC(Cc1ccccc1)C(=O)O. The van der Waals surface area contributed by atoms with Gasteiger partial charge in [0.15, 0.2) is 5.96 Å². The van der Waals surface area contributed by atoms with Gasteiger partial charge in [0.1, 0.15) is 18.1 Å². The maximum absolute atomic E-state index is 13.5. The zero-order valence-corrected chi connectivity index (χ0v) is 26.0. The standard InChI is InChI=1S/C31H42N8O5S/c1-45-15-13-25(29(42)39-26(30(43)44)16-19-8-3-2-4-9-19)38-28(41)24(12-7-14-35-31(33)34)37-27(40)22(32)17-20-18-36-23-11-6-5-10-21(20)23/h2-6,8-11,18,22,24-26,36H,7,12-17,32H2,1H3,(H,37,40)(H,38,41)(H,39,42)(H,43,44)(H4,33,34,35). The van der Waals surface area contributed by atoms with Crippen LogP contribution in [0.4, 0.5) is 0 Å². The van der Waals surface area contributed by atoms with Gasteiger partial charge < -0.3 is 43.2 Å². The van der Waals surface area contributed by atoms with Crippen molar-refractivity contribution in [3.8, 4) is 0 Å². The molecular formula is C31H42N8O5S. The monoisotopic (exact) mass is 638 g/mol. The molecule has 3 amide bonds. The minimum atomic E-state index is -1.20. The number of carbonyl (C=O) groups excluding carboxylic acids is 3. The van der Waals surface area contributed by atoms with Crippen molar-refractivity contribution in [3.05, 3.63) is 71.9 Å². The number of aliphatic carboxylic acids is 1. The van der Waals surface area contributed by atoms with E-state index in [4.69, 9.17) is 17.2 Å². The van der Waals surface area contributed by atoms with E-state index in [0.29, 0.717) is 12.2 Å². The Morgan fingerprint density at radius 1 is 0.867 bits per heavy atom. The lowest BCUT2D eigenvalue weighted by Crippen LogP contribution is -2.57. The lowest BCUT2D eigenvalue weighted by Gasteiger charge is -2.25. The number of hydrogen-bond acceptors (Lipinski definition) is 7. The van der Waals surface area contributed by atoms with E-state index in [1.165, 1.54) is 11.8 Å². The summed E-state index contributed by atoms with van der Waals surface area (Å²) in [5.41, 5.74) is 19.6. The van der Waals surface area contributed by atoms with E-state index in [0.717, 1.165) is 22.0 Å². The highest BCUT2D eigenvalue weighted by molar-refractivity contribution is 7.98. The molecule has 14 heteroatoms. The topological polar surface area (TPSA) is 231 Å². The highest BCUT2D eigenvalue weighted by atomic mass is 32.2. The normalized spacial score (nSPS) is 13.6. The molecule has 0 aliphatic carbocycles. The number of carbonyl (C=O) groups is 4. The molecule has 0 aliphatic heterocycles. The Labute approximate surface area is 266 Å². The van der Waals surface area contributed by atoms with Crippen LogP contribution in [0.2, 0.25) is 0 Å². The molecule has 3 aromatic rings. The van der Waals surface area contributed by atoms with E-state index >= 15 is 0 Å². The molecule has 1 heterocycles. The lowest BCUT2D eigenvalue weighted by atomic mass is 10.0. The molecule has 0 saturated carbocycles. The summed E-state index contributed by atoms with van der Waals surface area (Å²) in [4.78, 5) is 59.1. The average molecular weight is 639 g/mol. The number of amides is 3. The molecule has 0 fully saturated rings. The molecule has 11 N–H and O–H groups in total. The largest absolute Gasteiger partial charge is 0.480 e. The second kappa shape index (κ2) is 17.7. The van der Waals surface area contributed by atoms with Crippen LogP contribution in [-0.2, 0) is 32.0 Å². The summed E-state index contributed by atoms with van der Waals surface area (Å²) in [6.45, 7) is 0.222. The third kappa shape index (κ3) is 11.1. The molecular weight excluding hydrogens is 596 g/mol. The van der Waals surface area contributed by atoms with Gasteiger partial charge in [0.25, 0.3) is 0 Å². The molecule has 4 atom stereocenters. The van der Waals surface area contributed by atoms with E-state index in [1.54, 1.807) is 30.5 Å². The second-order valence-corrected chi connectivity index (χ2v) is 11.6. The Kier molecular flexibility index (Phi) is 13.7. The van der Waals surface area contributed by atoms with Gasteiger partial charge in [-0.3, -0.25) is 19.4 Å². The van der Waals surface area contributed by atoms with Crippen LogP contribution in [0, 0.1) is 0 Å². The smallest absolute Gasteiger partial charge is 0.326 e. The minimum Gasteiger partial charge on any atom is -0.480 e. The fourth-order valence-electron chi connectivity index (χ4n) is 4.78. The van der Waals surface area contributed by atoms with Crippen molar-refractivity contribution in [2.24, 2.45) is 22.2 Å². The Balaban J connectivity index is 1.72. The van der Waals surface area contributed by atoms with Crippen LogP contribution < -0.4 is 33.2 Å². The molecule has 0 saturated heterocycles. The second-order valence-electron chi connectivity index (χ2n) is 10.6. The third-order valence-corrected chi connectivity index (χ3v) is 7.81. The van der Waals surface area contributed by atoms with Gasteiger partial charge in [0, 0.05) is 30.1 Å². The highest BCUT2D eigenvalue weighted by Crippen LogP contribution is 2.19. The molecule has 0 bridgehead atoms. The number of thioether (sulfide) groups is 1. The van der Waals surface area contributed by atoms with Gasteiger partial charge in [-0.25, -0.2) is 4.79 Å². The van der Waals surface area contributed by atoms with Crippen LogP contribution in [0.3, 0.4) is 0 Å². The van der Waals surface area contributed by atoms with Crippen molar-refractivity contribution in [1.82, 2.24) is 20.9 Å². The number of aromatic amines is 1.